The van der Waals surface area contributed by atoms with Crippen molar-refractivity contribution in [3.63, 3.8) is 0 Å². The SMILES string of the molecule is O=C1CC(=O)CC(C(=O)Cl)C1. The number of halogens is 1. The van der Waals surface area contributed by atoms with E-state index in [0.29, 0.717) is 0 Å². The lowest BCUT2D eigenvalue weighted by Crippen LogP contribution is -2.25. The van der Waals surface area contributed by atoms with Crippen molar-refractivity contribution in [2.45, 2.75) is 19.3 Å². The molecule has 0 unspecified atom stereocenters. The third-order valence-electron chi connectivity index (χ3n) is 1.66. The Kier molecular flexibility index (Phi) is 2.39. The maximum absolute atomic E-state index is 10.8. The number of carbonyl (C=O) groups excluding carboxylic acids is 3. The van der Waals surface area contributed by atoms with E-state index in [2.05, 4.69) is 0 Å². The first-order chi connectivity index (χ1) is 5.09. The van der Waals surface area contributed by atoms with Crippen molar-refractivity contribution < 1.29 is 14.4 Å². The molecule has 0 radical (unpaired) electrons. The first kappa shape index (κ1) is 8.40. The molecule has 0 spiro atoms. The second-order valence-electron chi connectivity index (χ2n) is 2.66. The molecule has 0 aromatic carbocycles. The van der Waals surface area contributed by atoms with Gasteiger partial charge in [0, 0.05) is 18.8 Å². The van der Waals surface area contributed by atoms with Gasteiger partial charge in [-0.2, -0.15) is 0 Å². The lowest BCUT2D eigenvalue weighted by molar-refractivity contribution is -0.134. The molecular weight excluding hydrogens is 168 g/mol. The van der Waals surface area contributed by atoms with Crippen molar-refractivity contribution in [2.75, 3.05) is 0 Å². The minimum Gasteiger partial charge on any atom is -0.299 e. The van der Waals surface area contributed by atoms with Crippen LogP contribution in [0.5, 0.6) is 0 Å². The molecule has 0 amide bonds. The zero-order valence-corrected chi connectivity index (χ0v) is 6.56. The van der Waals surface area contributed by atoms with Gasteiger partial charge in [-0.25, -0.2) is 0 Å². The van der Waals surface area contributed by atoms with Gasteiger partial charge in [-0.15, -0.1) is 0 Å². The summed E-state index contributed by atoms with van der Waals surface area (Å²) in [5, 5.41) is -0.577. The molecule has 60 valence electrons. The van der Waals surface area contributed by atoms with Gasteiger partial charge in [0.25, 0.3) is 0 Å². The highest BCUT2D eigenvalue weighted by Gasteiger charge is 2.29. The second-order valence-corrected chi connectivity index (χ2v) is 3.04. The van der Waals surface area contributed by atoms with Crippen LogP contribution in [0, 0.1) is 5.92 Å². The molecule has 1 aliphatic carbocycles. The number of rotatable bonds is 1. The fourth-order valence-electron chi connectivity index (χ4n) is 1.15. The average Bonchev–Trinajstić information content (AvgIpc) is 1.85. The summed E-state index contributed by atoms with van der Waals surface area (Å²) in [5.41, 5.74) is 0. The van der Waals surface area contributed by atoms with Crippen molar-refractivity contribution in [3.8, 4) is 0 Å². The van der Waals surface area contributed by atoms with E-state index in [1.54, 1.807) is 0 Å². The molecule has 0 aromatic heterocycles. The summed E-state index contributed by atoms with van der Waals surface area (Å²) >= 11 is 5.14. The number of carbonyl (C=O) groups is 3. The lowest BCUT2D eigenvalue weighted by Gasteiger charge is -2.15. The van der Waals surface area contributed by atoms with E-state index >= 15 is 0 Å². The summed E-state index contributed by atoms with van der Waals surface area (Å²) in [4.78, 5) is 32.1. The maximum Gasteiger partial charge on any atom is 0.225 e. The highest BCUT2D eigenvalue weighted by atomic mass is 35.5. The predicted octanol–water partition coefficient (Wildman–Crippen LogP) is 0.690. The topological polar surface area (TPSA) is 51.2 Å². The summed E-state index contributed by atoms with van der Waals surface area (Å²) in [6.07, 6.45) is 0.239. The van der Waals surface area contributed by atoms with E-state index in [-0.39, 0.29) is 30.8 Å². The monoisotopic (exact) mass is 174 g/mol. The molecule has 0 bridgehead atoms. The minimum absolute atomic E-state index is 0.0271. The zero-order chi connectivity index (χ0) is 8.43. The fraction of sp³-hybridized carbons (Fsp3) is 0.571. The summed E-state index contributed by atoms with van der Waals surface area (Å²) < 4.78 is 0. The van der Waals surface area contributed by atoms with Crippen LogP contribution >= 0.6 is 11.6 Å². The lowest BCUT2D eigenvalue weighted by atomic mass is 9.88. The molecule has 0 aromatic rings. The largest absolute Gasteiger partial charge is 0.299 e. The highest BCUT2D eigenvalue weighted by molar-refractivity contribution is 6.64. The van der Waals surface area contributed by atoms with E-state index in [0.717, 1.165) is 0 Å². The van der Waals surface area contributed by atoms with E-state index in [1.165, 1.54) is 0 Å². The Morgan fingerprint density at radius 2 is 1.73 bits per heavy atom. The van der Waals surface area contributed by atoms with Crippen LogP contribution in [0.3, 0.4) is 0 Å². The zero-order valence-electron chi connectivity index (χ0n) is 5.80. The molecule has 0 N–H and O–H groups in total. The second kappa shape index (κ2) is 3.13. The quantitative estimate of drug-likeness (QED) is 0.434. The molecule has 1 saturated carbocycles. The van der Waals surface area contributed by atoms with Crippen LogP contribution in [0.4, 0.5) is 0 Å². The Balaban J connectivity index is 2.63. The summed E-state index contributed by atoms with van der Waals surface area (Å²) in [6, 6.07) is 0. The smallest absolute Gasteiger partial charge is 0.225 e. The summed E-state index contributed by atoms with van der Waals surface area (Å²) in [5.74, 6) is -0.925. The van der Waals surface area contributed by atoms with Crippen LogP contribution in [-0.4, -0.2) is 16.8 Å². The van der Waals surface area contributed by atoms with E-state index in [4.69, 9.17) is 11.6 Å². The molecule has 1 fully saturated rings. The first-order valence-electron chi connectivity index (χ1n) is 3.32. The molecule has 3 nitrogen and oxygen atoms in total. The number of Topliss-reactive ketones (excluding diaryl/α,β-unsaturated/α-hetero) is 2. The average molecular weight is 175 g/mol. The normalized spacial score (nSPS) is 20.5. The third-order valence-corrected chi connectivity index (χ3v) is 1.97. The molecule has 0 heterocycles. The summed E-state index contributed by atoms with van der Waals surface area (Å²) in [6.45, 7) is 0. The van der Waals surface area contributed by atoms with Gasteiger partial charge in [0.1, 0.15) is 11.6 Å². The molecule has 11 heavy (non-hydrogen) atoms. The van der Waals surface area contributed by atoms with Gasteiger partial charge in [-0.05, 0) is 11.6 Å². The fourth-order valence-corrected chi connectivity index (χ4v) is 1.30. The Morgan fingerprint density at radius 1 is 1.27 bits per heavy atom. The minimum atomic E-state index is -0.577. The van der Waals surface area contributed by atoms with Gasteiger partial charge in [0.05, 0.1) is 6.42 Å². The van der Waals surface area contributed by atoms with Crippen molar-refractivity contribution in [3.05, 3.63) is 0 Å². The van der Waals surface area contributed by atoms with Crippen molar-refractivity contribution in [2.24, 2.45) is 5.92 Å². The highest BCUT2D eigenvalue weighted by Crippen LogP contribution is 2.20. The number of hydrogen-bond donors (Lipinski definition) is 0. The maximum atomic E-state index is 10.8. The van der Waals surface area contributed by atoms with Crippen molar-refractivity contribution in [1.29, 1.82) is 0 Å². The van der Waals surface area contributed by atoms with Gasteiger partial charge >= 0.3 is 0 Å². The van der Waals surface area contributed by atoms with E-state index in [1.807, 2.05) is 0 Å². The number of hydrogen-bond acceptors (Lipinski definition) is 3. The van der Waals surface area contributed by atoms with Gasteiger partial charge in [0.15, 0.2) is 0 Å². The molecule has 0 aliphatic heterocycles. The molecule has 1 aliphatic rings. The van der Waals surface area contributed by atoms with Gasteiger partial charge < -0.3 is 0 Å². The van der Waals surface area contributed by atoms with Crippen LogP contribution in [0.25, 0.3) is 0 Å². The standard InChI is InChI=1S/C7H7ClO3/c8-7(11)4-1-5(9)3-6(10)2-4/h4H,1-3H2. The Labute approximate surface area is 68.7 Å². The van der Waals surface area contributed by atoms with E-state index in [9.17, 15) is 14.4 Å². The molecule has 1 rings (SSSR count). The van der Waals surface area contributed by atoms with Crippen LogP contribution in [0.15, 0.2) is 0 Å². The van der Waals surface area contributed by atoms with E-state index < -0.39 is 11.2 Å². The molecular formula is C7H7ClO3. The Morgan fingerprint density at radius 3 is 2.09 bits per heavy atom. The van der Waals surface area contributed by atoms with Crippen LogP contribution in [-0.2, 0) is 14.4 Å². The molecule has 0 saturated heterocycles. The van der Waals surface area contributed by atoms with Crippen LogP contribution in [0.1, 0.15) is 19.3 Å². The van der Waals surface area contributed by atoms with Crippen molar-refractivity contribution >= 4 is 28.4 Å². The van der Waals surface area contributed by atoms with Crippen LogP contribution in [0.2, 0.25) is 0 Å². The predicted molar refractivity (Wildman–Crippen MR) is 38.2 cm³/mol. The van der Waals surface area contributed by atoms with Crippen LogP contribution < -0.4 is 0 Å². The van der Waals surface area contributed by atoms with Gasteiger partial charge in [-0.3, -0.25) is 14.4 Å². The first-order valence-corrected chi connectivity index (χ1v) is 3.70. The Hall–Kier alpha value is -0.700. The van der Waals surface area contributed by atoms with Crippen molar-refractivity contribution in [1.82, 2.24) is 0 Å². The molecule has 4 heteroatoms. The third kappa shape index (κ3) is 2.12. The molecule has 0 atom stereocenters. The van der Waals surface area contributed by atoms with Gasteiger partial charge in [-0.1, -0.05) is 0 Å². The van der Waals surface area contributed by atoms with Gasteiger partial charge in [0.2, 0.25) is 5.24 Å². The Bertz CT molecular complexity index is 206. The number of ketones is 2. The summed E-state index contributed by atoms with van der Waals surface area (Å²) in [7, 11) is 0.